The minimum Gasteiger partial charge on any atom is -0.383 e. The molecule has 3 N–H and O–H groups in total. The van der Waals surface area contributed by atoms with Gasteiger partial charge in [0.25, 0.3) is 0 Å². The molecule has 0 aliphatic carbocycles. The molecule has 3 aromatic rings. The second kappa shape index (κ2) is 6.02. The number of carbonyl (C=O) groups excluding carboxylic acids is 1. The van der Waals surface area contributed by atoms with Crippen LogP contribution < -0.4 is 16.7 Å². The van der Waals surface area contributed by atoms with Crippen LogP contribution in [-0.2, 0) is 11.3 Å². The Kier molecular flexibility index (Phi) is 4.06. The molecule has 6 nitrogen and oxygen atoms in total. The molecule has 1 aromatic carbocycles. The Bertz CT molecular complexity index is 964. The summed E-state index contributed by atoms with van der Waals surface area (Å²) >= 11 is 7.28. The molecule has 0 unspecified atom stereocenters. The molecule has 0 aliphatic heterocycles. The zero-order valence-corrected chi connectivity index (χ0v) is 13.7. The highest BCUT2D eigenvalue weighted by Crippen LogP contribution is 2.26. The lowest BCUT2D eigenvalue weighted by Gasteiger charge is -2.09. The lowest BCUT2D eigenvalue weighted by Crippen LogP contribution is -2.29. The minimum atomic E-state index is -0.543. The summed E-state index contributed by atoms with van der Waals surface area (Å²) in [7, 11) is 0. The van der Waals surface area contributed by atoms with Crippen LogP contribution in [0.3, 0.4) is 0 Å². The molecule has 0 saturated carbocycles. The van der Waals surface area contributed by atoms with Gasteiger partial charge in [0.15, 0.2) is 0 Å². The van der Waals surface area contributed by atoms with Crippen molar-refractivity contribution in [3.63, 3.8) is 0 Å². The molecule has 1 amide bonds. The Balaban J connectivity index is 1.92. The smallest absolute Gasteiger partial charge is 0.351 e. The van der Waals surface area contributed by atoms with E-state index in [2.05, 4.69) is 10.3 Å². The van der Waals surface area contributed by atoms with Gasteiger partial charge in [0.05, 0.1) is 5.39 Å². The van der Waals surface area contributed by atoms with Crippen LogP contribution in [0.5, 0.6) is 0 Å². The fraction of sp³-hybridized carbons (Fsp3) is 0.133. The average Bonchev–Trinajstić information content (AvgIpc) is 2.86. The Labute approximate surface area is 140 Å². The lowest BCUT2D eigenvalue weighted by molar-refractivity contribution is -0.116. The van der Waals surface area contributed by atoms with Crippen molar-refractivity contribution in [3.05, 3.63) is 50.7 Å². The van der Waals surface area contributed by atoms with Crippen LogP contribution in [-0.4, -0.2) is 15.5 Å². The lowest BCUT2D eigenvalue weighted by atomic mass is 10.3. The Morgan fingerprint density at radius 3 is 2.96 bits per heavy atom. The molecule has 0 spiro atoms. The Hall–Kier alpha value is -2.38. The van der Waals surface area contributed by atoms with Crippen molar-refractivity contribution < 1.29 is 4.79 Å². The van der Waals surface area contributed by atoms with Crippen LogP contribution in [0.2, 0.25) is 5.02 Å². The zero-order chi connectivity index (χ0) is 16.6. The van der Waals surface area contributed by atoms with Gasteiger partial charge < -0.3 is 11.1 Å². The third-order valence-corrected chi connectivity index (χ3v) is 4.52. The monoisotopic (exact) mass is 348 g/mol. The number of thiophene rings is 1. The Morgan fingerprint density at radius 1 is 1.43 bits per heavy atom. The largest absolute Gasteiger partial charge is 0.383 e. The Morgan fingerprint density at radius 2 is 2.22 bits per heavy atom. The summed E-state index contributed by atoms with van der Waals surface area (Å²) < 4.78 is 1.32. The number of benzene rings is 1. The predicted octanol–water partition coefficient (Wildman–Crippen LogP) is 2.64. The van der Waals surface area contributed by atoms with Crippen LogP contribution in [0, 0.1) is 6.92 Å². The molecule has 0 radical (unpaired) electrons. The first kappa shape index (κ1) is 15.5. The quantitative estimate of drug-likeness (QED) is 0.761. The number of nitrogen functional groups attached to an aromatic ring is 1. The maximum Gasteiger partial charge on any atom is 0.351 e. The number of aromatic nitrogens is 2. The van der Waals surface area contributed by atoms with Crippen LogP contribution in [0.1, 0.15) is 4.88 Å². The van der Waals surface area contributed by atoms with Crippen molar-refractivity contribution in [2.24, 2.45) is 0 Å². The summed E-state index contributed by atoms with van der Waals surface area (Å²) in [6, 6.07) is 8.65. The second-order valence-electron chi connectivity index (χ2n) is 5.00. The number of anilines is 2. The SMILES string of the molecule is Cc1cc2c(N)nc(=O)n(CC(=O)Nc3cccc(Cl)c3)c2s1. The van der Waals surface area contributed by atoms with E-state index in [1.165, 1.54) is 15.9 Å². The van der Waals surface area contributed by atoms with Crippen molar-refractivity contribution in [2.75, 3.05) is 11.1 Å². The predicted molar refractivity (Wildman–Crippen MR) is 93.1 cm³/mol. The number of rotatable bonds is 3. The van der Waals surface area contributed by atoms with Gasteiger partial charge in [-0.25, -0.2) is 4.79 Å². The summed E-state index contributed by atoms with van der Waals surface area (Å²) in [5.41, 5.74) is 5.80. The van der Waals surface area contributed by atoms with E-state index in [-0.39, 0.29) is 18.3 Å². The molecule has 8 heteroatoms. The number of nitrogens with one attached hydrogen (secondary N) is 1. The van der Waals surface area contributed by atoms with Crippen molar-refractivity contribution in [1.82, 2.24) is 9.55 Å². The number of halogens is 1. The minimum absolute atomic E-state index is 0.144. The summed E-state index contributed by atoms with van der Waals surface area (Å²) in [6.45, 7) is 1.76. The number of aryl methyl sites for hydroxylation is 1. The number of fused-ring (bicyclic) bond motifs is 1. The highest BCUT2D eigenvalue weighted by Gasteiger charge is 2.14. The van der Waals surface area contributed by atoms with Crippen LogP contribution in [0.4, 0.5) is 11.5 Å². The summed E-state index contributed by atoms with van der Waals surface area (Å²) in [6.07, 6.45) is 0. The molecular weight excluding hydrogens is 336 g/mol. The number of amides is 1. The fourth-order valence-electron chi connectivity index (χ4n) is 2.25. The molecule has 23 heavy (non-hydrogen) atoms. The van der Waals surface area contributed by atoms with Gasteiger partial charge in [-0.1, -0.05) is 17.7 Å². The third kappa shape index (κ3) is 3.20. The van der Waals surface area contributed by atoms with Gasteiger partial charge in [-0.05, 0) is 31.2 Å². The van der Waals surface area contributed by atoms with Gasteiger partial charge >= 0.3 is 5.69 Å². The average molecular weight is 349 g/mol. The van der Waals surface area contributed by atoms with Gasteiger partial charge in [-0.15, -0.1) is 11.3 Å². The van der Waals surface area contributed by atoms with E-state index in [9.17, 15) is 9.59 Å². The van der Waals surface area contributed by atoms with E-state index >= 15 is 0 Å². The molecule has 2 aromatic heterocycles. The highest BCUT2D eigenvalue weighted by atomic mass is 35.5. The zero-order valence-electron chi connectivity index (χ0n) is 12.2. The van der Waals surface area contributed by atoms with Gasteiger partial charge in [0.1, 0.15) is 17.2 Å². The van der Waals surface area contributed by atoms with Crippen molar-refractivity contribution in [1.29, 1.82) is 0 Å². The molecule has 0 fully saturated rings. The van der Waals surface area contributed by atoms with E-state index in [1.807, 2.05) is 13.0 Å². The molecule has 0 aliphatic rings. The van der Waals surface area contributed by atoms with Crippen LogP contribution in [0.15, 0.2) is 35.1 Å². The summed E-state index contributed by atoms with van der Waals surface area (Å²) in [5.74, 6) is -0.158. The summed E-state index contributed by atoms with van der Waals surface area (Å²) in [5, 5.41) is 3.91. The second-order valence-corrected chi connectivity index (χ2v) is 6.67. The molecular formula is C15H13ClN4O2S. The van der Waals surface area contributed by atoms with Crippen molar-refractivity contribution in [2.45, 2.75) is 13.5 Å². The standard InChI is InChI=1S/C15H13ClN4O2S/c1-8-5-11-13(17)19-15(22)20(14(11)23-8)7-12(21)18-10-4-2-3-9(16)6-10/h2-6H,7H2,1H3,(H,18,21)(H2,17,19,22). The van der Waals surface area contributed by atoms with Gasteiger partial charge in [-0.2, -0.15) is 4.98 Å². The fourth-order valence-corrected chi connectivity index (χ4v) is 3.44. The van der Waals surface area contributed by atoms with E-state index in [0.717, 1.165) is 4.88 Å². The molecule has 2 heterocycles. The first-order valence-electron chi connectivity index (χ1n) is 6.76. The van der Waals surface area contributed by atoms with Crippen LogP contribution in [0.25, 0.3) is 10.2 Å². The van der Waals surface area contributed by atoms with E-state index in [0.29, 0.717) is 20.9 Å². The molecule has 0 saturated heterocycles. The number of carbonyl (C=O) groups is 1. The van der Waals surface area contributed by atoms with Gasteiger partial charge in [-0.3, -0.25) is 9.36 Å². The first-order valence-corrected chi connectivity index (χ1v) is 7.95. The van der Waals surface area contributed by atoms with E-state index < -0.39 is 5.69 Å². The molecule has 0 atom stereocenters. The van der Waals surface area contributed by atoms with Crippen LogP contribution >= 0.6 is 22.9 Å². The third-order valence-electron chi connectivity index (χ3n) is 3.21. The number of hydrogen-bond donors (Lipinski definition) is 2. The van der Waals surface area contributed by atoms with Crippen molar-refractivity contribution in [3.8, 4) is 0 Å². The topological polar surface area (TPSA) is 90.0 Å². The highest BCUT2D eigenvalue weighted by molar-refractivity contribution is 7.18. The number of nitrogens with zero attached hydrogens (tertiary/aromatic N) is 2. The normalized spacial score (nSPS) is 10.9. The van der Waals surface area contributed by atoms with E-state index in [4.69, 9.17) is 17.3 Å². The van der Waals surface area contributed by atoms with Gasteiger partial charge in [0.2, 0.25) is 5.91 Å². The first-order chi connectivity index (χ1) is 10.9. The molecule has 118 valence electrons. The van der Waals surface area contributed by atoms with Crippen molar-refractivity contribution >= 4 is 50.6 Å². The number of nitrogens with two attached hydrogens (primary N) is 1. The van der Waals surface area contributed by atoms with Gasteiger partial charge in [0, 0.05) is 15.6 Å². The molecule has 3 rings (SSSR count). The maximum atomic E-state index is 12.2. The maximum absolute atomic E-state index is 12.2. The number of hydrogen-bond acceptors (Lipinski definition) is 5. The molecule has 0 bridgehead atoms. The van der Waals surface area contributed by atoms with E-state index in [1.54, 1.807) is 24.3 Å². The summed E-state index contributed by atoms with van der Waals surface area (Å²) in [4.78, 5) is 29.7.